The first kappa shape index (κ1) is 13.4. The third kappa shape index (κ3) is 3.46. The third-order valence-electron chi connectivity index (χ3n) is 2.00. The number of benzene rings is 2. The highest BCUT2D eigenvalue weighted by Gasteiger charge is 2.07. The van der Waals surface area contributed by atoms with E-state index in [9.17, 15) is 0 Å². The third-order valence-corrected chi connectivity index (χ3v) is 4.43. The summed E-state index contributed by atoms with van der Waals surface area (Å²) in [6.07, 6.45) is 0. The molecule has 0 radical (unpaired) electrons. The van der Waals surface area contributed by atoms with Crippen molar-refractivity contribution in [2.45, 2.75) is 9.79 Å². The van der Waals surface area contributed by atoms with Gasteiger partial charge in [-0.1, -0.05) is 64.2 Å². The number of halogens is 4. The van der Waals surface area contributed by atoms with E-state index in [0.717, 1.165) is 9.79 Å². The van der Waals surface area contributed by atoms with Gasteiger partial charge in [-0.2, -0.15) is 0 Å². The zero-order valence-electron chi connectivity index (χ0n) is 8.38. The SMILES string of the molecule is Clc1cccc(Sc2cc(Cl)c(Cl)cc2Cl)c1. The highest BCUT2D eigenvalue weighted by Crippen LogP contribution is 2.38. The Morgan fingerprint density at radius 3 is 2.18 bits per heavy atom. The predicted octanol–water partition coefficient (Wildman–Crippen LogP) is 6.45. The molecule has 0 amide bonds. The average Bonchev–Trinajstić information content (AvgIpc) is 2.26. The van der Waals surface area contributed by atoms with Crippen molar-refractivity contribution in [2.24, 2.45) is 0 Å². The molecule has 0 unspecified atom stereocenters. The molecule has 0 saturated carbocycles. The molecule has 0 aliphatic carbocycles. The van der Waals surface area contributed by atoms with E-state index in [1.165, 1.54) is 11.8 Å². The number of hydrogen-bond donors (Lipinski definition) is 0. The lowest BCUT2D eigenvalue weighted by atomic mass is 10.3. The molecule has 0 fully saturated rings. The second kappa shape index (κ2) is 5.73. The maximum absolute atomic E-state index is 6.09. The summed E-state index contributed by atoms with van der Waals surface area (Å²) < 4.78 is 0. The molecule has 0 atom stereocenters. The lowest BCUT2D eigenvalue weighted by molar-refractivity contribution is 1.41. The van der Waals surface area contributed by atoms with E-state index in [1.54, 1.807) is 12.1 Å². The smallest absolute Gasteiger partial charge is 0.0607 e. The van der Waals surface area contributed by atoms with Gasteiger partial charge < -0.3 is 0 Å². The second-order valence-electron chi connectivity index (χ2n) is 3.26. The Labute approximate surface area is 124 Å². The summed E-state index contributed by atoms with van der Waals surface area (Å²) in [6.45, 7) is 0. The van der Waals surface area contributed by atoms with E-state index in [0.29, 0.717) is 20.1 Å². The molecule has 0 bridgehead atoms. The van der Waals surface area contributed by atoms with Crippen LogP contribution >= 0.6 is 58.2 Å². The standard InChI is InChI=1S/C12H6Cl4S/c13-7-2-1-3-8(4-7)17-12-6-10(15)9(14)5-11(12)16/h1-6H. The molecule has 2 rings (SSSR count). The fraction of sp³-hybridized carbons (Fsp3) is 0. The van der Waals surface area contributed by atoms with Crippen LogP contribution in [0.1, 0.15) is 0 Å². The Balaban J connectivity index is 2.33. The lowest BCUT2D eigenvalue weighted by Crippen LogP contribution is -1.78. The van der Waals surface area contributed by atoms with Crippen molar-refractivity contribution in [3.05, 3.63) is 56.5 Å². The van der Waals surface area contributed by atoms with Gasteiger partial charge in [-0.05, 0) is 30.3 Å². The van der Waals surface area contributed by atoms with Crippen LogP contribution < -0.4 is 0 Å². The zero-order chi connectivity index (χ0) is 12.4. The van der Waals surface area contributed by atoms with Crippen LogP contribution in [0.5, 0.6) is 0 Å². The minimum atomic E-state index is 0.451. The van der Waals surface area contributed by atoms with Gasteiger partial charge in [0.2, 0.25) is 0 Å². The van der Waals surface area contributed by atoms with Gasteiger partial charge in [-0.25, -0.2) is 0 Å². The van der Waals surface area contributed by atoms with Gasteiger partial charge in [0.1, 0.15) is 0 Å². The molecule has 0 aliphatic heterocycles. The van der Waals surface area contributed by atoms with Crippen molar-refractivity contribution in [1.29, 1.82) is 0 Å². The Hall–Kier alpha value is -0.0500. The van der Waals surface area contributed by atoms with E-state index in [2.05, 4.69) is 0 Å². The van der Waals surface area contributed by atoms with Crippen LogP contribution in [-0.4, -0.2) is 0 Å². The van der Waals surface area contributed by atoms with E-state index >= 15 is 0 Å². The monoisotopic (exact) mass is 322 g/mol. The Morgan fingerprint density at radius 1 is 0.765 bits per heavy atom. The Bertz CT molecular complexity index is 554. The van der Waals surface area contributed by atoms with Crippen LogP contribution in [0, 0.1) is 0 Å². The van der Waals surface area contributed by atoms with Gasteiger partial charge in [-0.3, -0.25) is 0 Å². The number of rotatable bonds is 2. The second-order valence-corrected chi connectivity index (χ2v) is 6.03. The first-order chi connectivity index (χ1) is 8.06. The molecule has 0 aliphatic rings. The summed E-state index contributed by atoms with van der Waals surface area (Å²) in [5.74, 6) is 0. The lowest BCUT2D eigenvalue weighted by Gasteiger charge is -2.06. The summed E-state index contributed by atoms with van der Waals surface area (Å²) in [4.78, 5) is 1.85. The average molecular weight is 324 g/mol. The summed E-state index contributed by atoms with van der Waals surface area (Å²) in [5, 5.41) is 2.20. The van der Waals surface area contributed by atoms with Gasteiger partial charge in [0, 0.05) is 14.8 Å². The highest BCUT2D eigenvalue weighted by atomic mass is 35.5. The molecule has 0 saturated heterocycles. The number of hydrogen-bond acceptors (Lipinski definition) is 1. The molecular formula is C12H6Cl4S. The van der Waals surface area contributed by atoms with Gasteiger partial charge in [-0.15, -0.1) is 0 Å². The summed E-state index contributed by atoms with van der Waals surface area (Å²) in [6, 6.07) is 10.9. The minimum Gasteiger partial charge on any atom is -0.0884 e. The van der Waals surface area contributed by atoms with Gasteiger partial charge >= 0.3 is 0 Å². The van der Waals surface area contributed by atoms with Crippen molar-refractivity contribution in [3.63, 3.8) is 0 Å². The molecule has 88 valence electrons. The maximum atomic E-state index is 6.09. The Morgan fingerprint density at radius 2 is 1.47 bits per heavy atom. The van der Waals surface area contributed by atoms with E-state index in [1.807, 2.05) is 24.3 Å². The molecule has 17 heavy (non-hydrogen) atoms. The summed E-state index contributed by atoms with van der Waals surface area (Å²) in [7, 11) is 0. The van der Waals surface area contributed by atoms with Crippen LogP contribution in [0.3, 0.4) is 0 Å². The zero-order valence-corrected chi connectivity index (χ0v) is 12.2. The predicted molar refractivity (Wildman–Crippen MR) is 77.0 cm³/mol. The van der Waals surface area contributed by atoms with Crippen molar-refractivity contribution in [2.75, 3.05) is 0 Å². The minimum absolute atomic E-state index is 0.451. The van der Waals surface area contributed by atoms with E-state index in [-0.39, 0.29) is 0 Å². The fourth-order valence-electron chi connectivity index (χ4n) is 1.24. The van der Waals surface area contributed by atoms with Crippen LogP contribution in [-0.2, 0) is 0 Å². The maximum Gasteiger partial charge on any atom is 0.0607 e. The van der Waals surface area contributed by atoms with Crippen LogP contribution in [0.25, 0.3) is 0 Å². The molecule has 0 aromatic heterocycles. The van der Waals surface area contributed by atoms with Crippen molar-refractivity contribution in [3.8, 4) is 0 Å². The topological polar surface area (TPSA) is 0 Å². The summed E-state index contributed by atoms with van der Waals surface area (Å²) >= 11 is 25.3. The fourth-order valence-corrected chi connectivity index (χ4v) is 3.14. The molecule has 2 aromatic rings. The van der Waals surface area contributed by atoms with Gasteiger partial charge in [0.25, 0.3) is 0 Å². The normalized spacial score (nSPS) is 10.6. The van der Waals surface area contributed by atoms with Gasteiger partial charge in [0.05, 0.1) is 15.1 Å². The van der Waals surface area contributed by atoms with Crippen LogP contribution in [0.4, 0.5) is 0 Å². The van der Waals surface area contributed by atoms with Crippen molar-refractivity contribution in [1.82, 2.24) is 0 Å². The highest BCUT2D eigenvalue weighted by molar-refractivity contribution is 7.99. The van der Waals surface area contributed by atoms with E-state index < -0.39 is 0 Å². The molecule has 5 heteroatoms. The van der Waals surface area contributed by atoms with Crippen molar-refractivity contribution < 1.29 is 0 Å². The first-order valence-electron chi connectivity index (χ1n) is 4.64. The first-order valence-corrected chi connectivity index (χ1v) is 6.97. The summed E-state index contributed by atoms with van der Waals surface area (Å²) in [5.41, 5.74) is 0. The Kier molecular flexibility index (Phi) is 4.51. The molecule has 0 spiro atoms. The molecule has 2 aromatic carbocycles. The van der Waals surface area contributed by atoms with Gasteiger partial charge in [0.15, 0.2) is 0 Å². The largest absolute Gasteiger partial charge is 0.0884 e. The van der Waals surface area contributed by atoms with Crippen molar-refractivity contribution >= 4 is 58.2 Å². The quantitative estimate of drug-likeness (QED) is 0.572. The molecule has 0 N–H and O–H groups in total. The molecule has 0 heterocycles. The van der Waals surface area contributed by atoms with E-state index in [4.69, 9.17) is 46.4 Å². The molecule has 0 nitrogen and oxygen atoms in total. The van der Waals surface area contributed by atoms with Crippen LogP contribution in [0.15, 0.2) is 46.2 Å². The molecular weight excluding hydrogens is 318 g/mol. The van der Waals surface area contributed by atoms with Crippen LogP contribution in [0.2, 0.25) is 20.1 Å².